The highest BCUT2D eigenvalue weighted by Crippen LogP contribution is 2.16. The third-order valence-electron chi connectivity index (χ3n) is 3.03. The lowest BCUT2D eigenvalue weighted by Crippen LogP contribution is -2.18. The van der Waals surface area contributed by atoms with Crippen LogP contribution in [0.25, 0.3) is 0 Å². The molecule has 112 valence electrons. The van der Waals surface area contributed by atoms with Crippen molar-refractivity contribution in [2.24, 2.45) is 0 Å². The highest BCUT2D eigenvalue weighted by Gasteiger charge is 2.15. The average molecular weight is 299 g/mol. The molecule has 1 amide bonds. The number of para-hydroxylation sites is 1. The van der Waals surface area contributed by atoms with Crippen LogP contribution in [-0.2, 0) is 11.2 Å². The second kappa shape index (κ2) is 6.53. The highest BCUT2D eigenvalue weighted by atomic mass is 16.4. The Kier molecular flexibility index (Phi) is 4.53. The molecule has 0 aliphatic heterocycles. The number of carboxylic acid groups (broad SMARTS) is 2. The Bertz CT molecular complexity index is 677. The van der Waals surface area contributed by atoms with Gasteiger partial charge in [0.15, 0.2) is 0 Å². The number of hydrogen-bond donors (Lipinski definition) is 3. The summed E-state index contributed by atoms with van der Waals surface area (Å²) in [6, 6.07) is 12.2. The van der Waals surface area contributed by atoms with E-state index in [-0.39, 0.29) is 23.2 Å². The first-order chi connectivity index (χ1) is 10.5. The molecule has 0 atom stereocenters. The predicted octanol–water partition coefficient (Wildman–Crippen LogP) is 2.26. The van der Waals surface area contributed by atoms with Crippen molar-refractivity contribution >= 4 is 23.5 Å². The fourth-order valence-electron chi connectivity index (χ4n) is 2.03. The fourth-order valence-corrected chi connectivity index (χ4v) is 2.03. The van der Waals surface area contributed by atoms with Gasteiger partial charge in [-0.1, -0.05) is 30.3 Å². The molecule has 22 heavy (non-hydrogen) atoms. The number of amides is 1. The van der Waals surface area contributed by atoms with Crippen molar-refractivity contribution in [2.75, 3.05) is 5.32 Å². The van der Waals surface area contributed by atoms with Crippen molar-refractivity contribution in [2.45, 2.75) is 6.42 Å². The first-order valence-electron chi connectivity index (χ1n) is 6.42. The van der Waals surface area contributed by atoms with Crippen LogP contribution in [0.15, 0.2) is 48.5 Å². The molecule has 2 rings (SSSR count). The first-order valence-corrected chi connectivity index (χ1v) is 6.42. The minimum Gasteiger partial charge on any atom is -0.478 e. The molecule has 0 radical (unpaired) electrons. The number of rotatable bonds is 5. The molecule has 0 spiro atoms. The molecule has 0 saturated heterocycles. The van der Waals surface area contributed by atoms with Crippen LogP contribution in [-0.4, -0.2) is 28.1 Å². The van der Waals surface area contributed by atoms with Crippen LogP contribution in [0.2, 0.25) is 0 Å². The van der Waals surface area contributed by atoms with Crippen LogP contribution < -0.4 is 5.32 Å². The number of carboxylic acids is 2. The number of benzene rings is 2. The van der Waals surface area contributed by atoms with Crippen molar-refractivity contribution < 1.29 is 24.6 Å². The van der Waals surface area contributed by atoms with Gasteiger partial charge in [0.2, 0.25) is 5.91 Å². The zero-order chi connectivity index (χ0) is 16.1. The number of nitrogens with one attached hydrogen (secondary N) is 1. The Morgan fingerprint density at radius 3 is 2.00 bits per heavy atom. The monoisotopic (exact) mass is 299 g/mol. The van der Waals surface area contributed by atoms with E-state index in [4.69, 9.17) is 10.2 Å². The Hall–Kier alpha value is -3.15. The maximum Gasteiger partial charge on any atom is 0.337 e. The van der Waals surface area contributed by atoms with E-state index in [1.54, 1.807) is 30.3 Å². The Morgan fingerprint density at radius 1 is 0.818 bits per heavy atom. The molecule has 0 heterocycles. The van der Waals surface area contributed by atoms with Gasteiger partial charge in [-0.25, -0.2) is 9.59 Å². The third kappa shape index (κ3) is 3.49. The van der Waals surface area contributed by atoms with Crippen LogP contribution >= 0.6 is 0 Å². The van der Waals surface area contributed by atoms with E-state index in [1.807, 2.05) is 0 Å². The van der Waals surface area contributed by atoms with E-state index in [1.165, 1.54) is 18.2 Å². The molecule has 0 aliphatic carbocycles. The zero-order valence-electron chi connectivity index (χ0n) is 11.4. The molecule has 0 fully saturated rings. The molecular formula is C16H13NO5. The van der Waals surface area contributed by atoms with Crippen LogP contribution in [0.1, 0.15) is 26.3 Å². The maximum absolute atomic E-state index is 12.0. The van der Waals surface area contributed by atoms with E-state index >= 15 is 0 Å². The summed E-state index contributed by atoms with van der Waals surface area (Å²) in [4.78, 5) is 34.2. The largest absolute Gasteiger partial charge is 0.478 e. The lowest BCUT2D eigenvalue weighted by atomic mass is 10.0. The van der Waals surface area contributed by atoms with Gasteiger partial charge >= 0.3 is 11.9 Å². The minimum absolute atomic E-state index is 0.0256. The predicted molar refractivity (Wildman–Crippen MR) is 79.1 cm³/mol. The second-order valence-electron chi connectivity index (χ2n) is 4.54. The van der Waals surface area contributed by atoms with Crippen molar-refractivity contribution in [1.82, 2.24) is 0 Å². The number of hydrogen-bond acceptors (Lipinski definition) is 3. The standard InChI is InChI=1S/C16H13NO5/c18-14(9-10-5-1-2-6-11(10)15(19)20)17-13-8-4-3-7-12(13)16(21)22/h1-8H,9H2,(H,17,18)(H,19,20)(H,21,22). The summed E-state index contributed by atoms with van der Waals surface area (Å²) in [5, 5.41) is 20.6. The number of carbonyl (C=O) groups is 3. The lowest BCUT2D eigenvalue weighted by molar-refractivity contribution is -0.115. The Labute approximate surface area is 126 Å². The summed E-state index contributed by atoms with van der Waals surface area (Å²) in [6.07, 6.45) is -0.156. The molecule has 2 aromatic carbocycles. The fraction of sp³-hybridized carbons (Fsp3) is 0.0625. The quantitative estimate of drug-likeness (QED) is 0.785. The molecule has 6 nitrogen and oxygen atoms in total. The Balaban J connectivity index is 2.18. The molecule has 2 aromatic rings. The first kappa shape index (κ1) is 15.2. The molecular weight excluding hydrogens is 286 g/mol. The van der Waals surface area contributed by atoms with Crippen molar-refractivity contribution in [3.8, 4) is 0 Å². The average Bonchev–Trinajstić information content (AvgIpc) is 2.47. The van der Waals surface area contributed by atoms with Crippen molar-refractivity contribution in [1.29, 1.82) is 0 Å². The van der Waals surface area contributed by atoms with Gasteiger partial charge in [0.05, 0.1) is 23.2 Å². The highest BCUT2D eigenvalue weighted by molar-refractivity contribution is 6.01. The summed E-state index contributed by atoms with van der Waals surface area (Å²) in [6.45, 7) is 0. The topological polar surface area (TPSA) is 104 Å². The molecule has 3 N–H and O–H groups in total. The van der Waals surface area contributed by atoms with Crippen LogP contribution in [0.4, 0.5) is 5.69 Å². The molecule has 0 aliphatic rings. The summed E-state index contributed by atoms with van der Waals surface area (Å²) in [5.41, 5.74) is 0.555. The van der Waals surface area contributed by atoms with E-state index in [9.17, 15) is 14.4 Å². The van der Waals surface area contributed by atoms with Gasteiger partial charge in [0.1, 0.15) is 0 Å². The Morgan fingerprint density at radius 2 is 1.36 bits per heavy atom. The van der Waals surface area contributed by atoms with Gasteiger partial charge in [0.25, 0.3) is 0 Å². The molecule has 0 bridgehead atoms. The summed E-state index contributed by atoms with van der Waals surface area (Å²) < 4.78 is 0. The third-order valence-corrected chi connectivity index (χ3v) is 3.03. The van der Waals surface area contributed by atoms with Gasteiger partial charge in [-0.05, 0) is 23.8 Å². The zero-order valence-corrected chi connectivity index (χ0v) is 11.4. The molecule has 0 aromatic heterocycles. The van der Waals surface area contributed by atoms with E-state index < -0.39 is 17.8 Å². The number of carbonyl (C=O) groups excluding carboxylic acids is 1. The van der Waals surface area contributed by atoms with Gasteiger partial charge in [0, 0.05) is 0 Å². The van der Waals surface area contributed by atoms with E-state index in [0.29, 0.717) is 5.56 Å². The maximum atomic E-state index is 12.0. The van der Waals surface area contributed by atoms with Crippen molar-refractivity contribution in [3.05, 3.63) is 65.2 Å². The van der Waals surface area contributed by atoms with Crippen molar-refractivity contribution in [3.63, 3.8) is 0 Å². The smallest absolute Gasteiger partial charge is 0.337 e. The molecule has 0 unspecified atom stereocenters. The summed E-state index contributed by atoms with van der Waals surface area (Å²) in [7, 11) is 0. The SMILES string of the molecule is O=C(Cc1ccccc1C(=O)O)Nc1ccccc1C(=O)O. The number of anilines is 1. The molecule has 6 heteroatoms. The lowest BCUT2D eigenvalue weighted by Gasteiger charge is -2.09. The minimum atomic E-state index is -1.15. The van der Waals surface area contributed by atoms with Gasteiger partial charge in [-0.3, -0.25) is 4.79 Å². The van der Waals surface area contributed by atoms with Crippen LogP contribution in [0.5, 0.6) is 0 Å². The summed E-state index contributed by atoms with van der Waals surface area (Å²) >= 11 is 0. The van der Waals surface area contributed by atoms with E-state index in [2.05, 4.69) is 5.32 Å². The number of aromatic carboxylic acids is 2. The van der Waals surface area contributed by atoms with Crippen LogP contribution in [0.3, 0.4) is 0 Å². The normalized spacial score (nSPS) is 10.0. The summed E-state index contributed by atoms with van der Waals surface area (Å²) in [5.74, 6) is -2.75. The van der Waals surface area contributed by atoms with Gasteiger partial charge < -0.3 is 15.5 Å². The van der Waals surface area contributed by atoms with Gasteiger partial charge in [-0.15, -0.1) is 0 Å². The van der Waals surface area contributed by atoms with E-state index in [0.717, 1.165) is 0 Å². The van der Waals surface area contributed by atoms with Crippen LogP contribution in [0, 0.1) is 0 Å². The van der Waals surface area contributed by atoms with Gasteiger partial charge in [-0.2, -0.15) is 0 Å². The second-order valence-corrected chi connectivity index (χ2v) is 4.54. The molecule has 0 saturated carbocycles.